The van der Waals surface area contributed by atoms with Crippen LogP contribution in [0.3, 0.4) is 0 Å². The van der Waals surface area contributed by atoms with E-state index in [4.69, 9.17) is 4.42 Å². The first-order valence-corrected chi connectivity index (χ1v) is 6.26. The largest absolute Gasteiger partial charge is 0.460 e. The van der Waals surface area contributed by atoms with E-state index in [1.807, 2.05) is 62.4 Å². The predicted molar refractivity (Wildman–Crippen MR) is 77.4 cm³/mol. The Morgan fingerprint density at radius 3 is 2.42 bits per heavy atom. The van der Waals surface area contributed by atoms with E-state index in [0.717, 1.165) is 11.1 Å². The first-order valence-electron chi connectivity index (χ1n) is 6.26. The van der Waals surface area contributed by atoms with Gasteiger partial charge in [-0.1, -0.05) is 42.0 Å². The third-order valence-electron chi connectivity index (χ3n) is 3.28. The van der Waals surface area contributed by atoms with E-state index in [1.165, 1.54) is 0 Å². The minimum Gasteiger partial charge on any atom is -0.460 e. The van der Waals surface area contributed by atoms with Crippen LogP contribution in [0.25, 0.3) is 22.1 Å². The third kappa shape index (κ3) is 1.95. The number of benzene rings is 2. The van der Waals surface area contributed by atoms with Crippen LogP contribution in [-0.2, 0) is 0 Å². The fourth-order valence-electron chi connectivity index (χ4n) is 2.36. The molecule has 0 fully saturated rings. The molecule has 0 unspecified atom stereocenters. The quantitative estimate of drug-likeness (QED) is 0.651. The van der Waals surface area contributed by atoms with Crippen LogP contribution in [-0.4, -0.2) is 0 Å². The highest BCUT2D eigenvalue weighted by Gasteiger charge is 2.12. The molecule has 3 rings (SSSR count). The topological polar surface area (TPSA) is 30.2 Å². The van der Waals surface area contributed by atoms with Crippen molar-refractivity contribution in [3.05, 3.63) is 70.1 Å². The molecule has 0 amide bonds. The monoisotopic (exact) mass is 250 g/mol. The smallest absolute Gasteiger partial charge is 0.200 e. The molecule has 19 heavy (non-hydrogen) atoms. The summed E-state index contributed by atoms with van der Waals surface area (Å²) in [7, 11) is 0. The van der Waals surface area contributed by atoms with Gasteiger partial charge in [0, 0.05) is 0 Å². The van der Waals surface area contributed by atoms with Crippen LogP contribution in [0, 0.1) is 13.8 Å². The zero-order valence-corrected chi connectivity index (χ0v) is 10.9. The van der Waals surface area contributed by atoms with Gasteiger partial charge in [-0.15, -0.1) is 0 Å². The number of aryl methyl sites for hydroxylation is 2. The van der Waals surface area contributed by atoms with Gasteiger partial charge in [0.25, 0.3) is 0 Å². The highest BCUT2D eigenvalue weighted by atomic mass is 16.3. The van der Waals surface area contributed by atoms with Crippen molar-refractivity contribution in [1.29, 1.82) is 0 Å². The Morgan fingerprint density at radius 2 is 1.68 bits per heavy atom. The molecule has 3 aromatic rings. The molecule has 2 aromatic carbocycles. The van der Waals surface area contributed by atoms with Crippen molar-refractivity contribution in [2.75, 3.05) is 0 Å². The SMILES string of the molecule is Cc1ccc2oc(C)c(-c3ccccc3)c(=O)c2c1. The molecule has 0 aliphatic rings. The van der Waals surface area contributed by atoms with Gasteiger partial charge in [0.15, 0.2) is 0 Å². The molecule has 0 N–H and O–H groups in total. The van der Waals surface area contributed by atoms with Crippen molar-refractivity contribution >= 4 is 11.0 Å². The maximum atomic E-state index is 12.6. The molecule has 0 atom stereocenters. The van der Waals surface area contributed by atoms with Crippen molar-refractivity contribution in [2.45, 2.75) is 13.8 Å². The van der Waals surface area contributed by atoms with Crippen LogP contribution >= 0.6 is 0 Å². The first-order chi connectivity index (χ1) is 9.16. The van der Waals surface area contributed by atoms with E-state index in [0.29, 0.717) is 22.3 Å². The van der Waals surface area contributed by atoms with Crippen LogP contribution in [0.15, 0.2) is 57.7 Å². The van der Waals surface area contributed by atoms with E-state index >= 15 is 0 Å². The molecule has 94 valence electrons. The summed E-state index contributed by atoms with van der Waals surface area (Å²) in [5.41, 5.74) is 3.29. The summed E-state index contributed by atoms with van der Waals surface area (Å²) < 4.78 is 5.78. The van der Waals surface area contributed by atoms with Gasteiger partial charge in [-0.25, -0.2) is 0 Å². The number of fused-ring (bicyclic) bond motifs is 1. The molecular formula is C17H14O2. The minimum absolute atomic E-state index is 0.0358. The lowest BCUT2D eigenvalue weighted by molar-refractivity contribution is 0.567. The summed E-state index contributed by atoms with van der Waals surface area (Å²) in [5, 5.41) is 0.643. The molecule has 2 heteroatoms. The van der Waals surface area contributed by atoms with Crippen molar-refractivity contribution in [3.63, 3.8) is 0 Å². The summed E-state index contributed by atoms with van der Waals surface area (Å²) in [5.74, 6) is 0.660. The van der Waals surface area contributed by atoms with Crippen LogP contribution in [0.1, 0.15) is 11.3 Å². The zero-order chi connectivity index (χ0) is 13.4. The highest BCUT2D eigenvalue weighted by molar-refractivity contribution is 5.83. The normalized spacial score (nSPS) is 10.8. The van der Waals surface area contributed by atoms with E-state index in [1.54, 1.807) is 0 Å². The Labute approximate surface area is 111 Å². The molecule has 2 nitrogen and oxygen atoms in total. The third-order valence-corrected chi connectivity index (χ3v) is 3.28. The summed E-state index contributed by atoms with van der Waals surface area (Å²) in [6, 6.07) is 15.3. The molecule has 1 aromatic heterocycles. The molecule has 1 heterocycles. The van der Waals surface area contributed by atoms with Gasteiger partial charge in [-0.05, 0) is 31.5 Å². The Balaban J connectivity index is 2.41. The fraction of sp³-hybridized carbons (Fsp3) is 0.118. The molecule has 0 spiro atoms. The number of hydrogen-bond acceptors (Lipinski definition) is 2. The number of rotatable bonds is 1. The van der Waals surface area contributed by atoms with Gasteiger partial charge in [0.2, 0.25) is 5.43 Å². The van der Waals surface area contributed by atoms with E-state index in [-0.39, 0.29) is 5.43 Å². The lowest BCUT2D eigenvalue weighted by Crippen LogP contribution is -2.07. The molecule has 0 aliphatic heterocycles. The summed E-state index contributed by atoms with van der Waals surface area (Å²) >= 11 is 0. The van der Waals surface area contributed by atoms with Gasteiger partial charge >= 0.3 is 0 Å². The van der Waals surface area contributed by atoms with Crippen molar-refractivity contribution in [2.24, 2.45) is 0 Å². The van der Waals surface area contributed by atoms with Gasteiger partial charge in [0.05, 0.1) is 10.9 Å². The molecule has 0 aliphatic carbocycles. The zero-order valence-electron chi connectivity index (χ0n) is 10.9. The maximum absolute atomic E-state index is 12.6. The maximum Gasteiger partial charge on any atom is 0.200 e. The summed E-state index contributed by atoms with van der Waals surface area (Å²) in [6.45, 7) is 3.81. The molecule has 0 radical (unpaired) electrons. The lowest BCUT2D eigenvalue weighted by Gasteiger charge is -2.07. The van der Waals surface area contributed by atoms with Gasteiger partial charge in [0.1, 0.15) is 11.3 Å². The number of hydrogen-bond donors (Lipinski definition) is 0. The van der Waals surface area contributed by atoms with Crippen LogP contribution in [0.2, 0.25) is 0 Å². The Kier molecular flexibility index (Phi) is 2.71. The fourth-order valence-corrected chi connectivity index (χ4v) is 2.36. The molecule has 0 saturated carbocycles. The Morgan fingerprint density at radius 1 is 0.947 bits per heavy atom. The molecular weight excluding hydrogens is 236 g/mol. The summed E-state index contributed by atoms with van der Waals surface area (Å²) in [6.07, 6.45) is 0. The van der Waals surface area contributed by atoms with Gasteiger partial charge in [-0.2, -0.15) is 0 Å². The second-order valence-electron chi connectivity index (χ2n) is 4.73. The first kappa shape index (κ1) is 11.7. The van der Waals surface area contributed by atoms with E-state index < -0.39 is 0 Å². The van der Waals surface area contributed by atoms with Crippen molar-refractivity contribution < 1.29 is 4.42 Å². The predicted octanol–water partition coefficient (Wildman–Crippen LogP) is 4.08. The summed E-state index contributed by atoms with van der Waals surface area (Å²) in [4.78, 5) is 12.6. The van der Waals surface area contributed by atoms with E-state index in [2.05, 4.69) is 0 Å². The lowest BCUT2D eigenvalue weighted by atomic mass is 10.0. The molecule has 0 bridgehead atoms. The highest BCUT2D eigenvalue weighted by Crippen LogP contribution is 2.24. The average Bonchev–Trinajstić information content (AvgIpc) is 2.41. The van der Waals surface area contributed by atoms with Gasteiger partial charge < -0.3 is 4.42 Å². The molecule has 0 saturated heterocycles. The van der Waals surface area contributed by atoms with Crippen molar-refractivity contribution in [3.8, 4) is 11.1 Å². The Hall–Kier alpha value is -2.35. The van der Waals surface area contributed by atoms with Gasteiger partial charge in [-0.3, -0.25) is 4.79 Å². The van der Waals surface area contributed by atoms with Crippen molar-refractivity contribution in [1.82, 2.24) is 0 Å². The van der Waals surface area contributed by atoms with Crippen LogP contribution < -0.4 is 5.43 Å². The van der Waals surface area contributed by atoms with Crippen LogP contribution in [0.4, 0.5) is 0 Å². The second-order valence-corrected chi connectivity index (χ2v) is 4.73. The average molecular weight is 250 g/mol. The standard InChI is InChI=1S/C17H14O2/c1-11-8-9-15-14(10-11)17(18)16(12(2)19-15)13-6-4-3-5-7-13/h3-10H,1-2H3. The Bertz CT molecular complexity index is 799. The van der Waals surface area contributed by atoms with Crippen LogP contribution in [0.5, 0.6) is 0 Å². The van der Waals surface area contributed by atoms with E-state index in [9.17, 15) is 4.79 Å². The second kappa shape index (κ2) is 4.39. The minimum atomic E-state index is 0.0358.